The highest BCUT2D eigenvalue weighted by molar-refractivity contribution is 8.13. The smallest absolute Gasteiger partial charge is 0.444 e. The van der Waals surface area contributed by atoms with E-state index in [0.29, 0.717) is 0 Å². The molecule has 0 heterocycles. The van der Waals surface area contributed by atoms with Crippen molar-refractivity contribution in [2.75, 3.05) is 12.5 Å². The molecule has 0 radical (unpaired) electrons. The highest BCUT2D eigenvalue weighted by Gasteiger charge is 2.24. The molecule has 5 N–H and O–H groups in total. The van der Waals surface area contributed by atoms with Gasteiger partial charge in [0.25, 0.3) is 0 Å². The largest absolute Gasteiger partial charge is 0.519 e. The number of amides is 1. The van der Waals surface area contributed by atoms with Crippen LogP contribution in [0.5, 0.6) is 0 Å². The summed E-state index contributed by atoms with van der Waals surface area (Å²) in [6.45, 7) is 15.3. The molecule has 0 fully saturated rings. The van der Waals surface area contributed by atoms with Gasteiger partial charge in [0, 0.05) is 0 Å². The molecule has 0 unspecified atom stereocenters. The molecular formula is C22H50N4O7S2. The van der Waals surface area contributed by atoms with Crippen LogP contribution in [-0.2, 0) is 18.9 Å². The Hall–Kier alpha value is -2.15. The minimum absolute atomic E-state index is 0. The van der Waals surface area contributed by atoms with Gasteiger partial charge in [-0.05, 0) is 74.8 Å². The van der Waals surface area contributed by atoms with E-state index in [9.17, 15) is 14.4 Å². The minimum Gasteiger partial charge on any atom is -0.444 e. The van der Waals surface area contributed by atoms with Gasteiger partial charge in [-0.25, -0.2) is 14.4 Å². The zero-order valence-corrected chi connectivity index (χ0v) is 22.4. The second kappa shape index (κ2) is 21.2. The lowest BCUT2D eigenvalue weighted by Crippen LogP contribution is -2.34. The molecule has 0 aromatic carbocycles. The number of nitrogens with one attached hydrogen (secondary N) is 3. The summed E-state index contributed by atoms with van der Waals surface area (Å²) in [7, 11) is 0. The lowest BCUT2D eigenvalue weighted by Gasteiger charge is -2.20. The van der Waals surface area contributed by atoms with E-state index in [-0.39, 0.29) is 32.6 Å². The number of nitrogens with two attached hydrogens (primary N) is 1. The van der Waals surface area contributed by atoms with E-state index in [0.717, 1.165) is 11.8 Å². The van der Waals surface area contributed by atoms with E-state index in [4.69, 9.17) is 30.8 Å². The molecule has 0 aliphatic rings. The van der Waals surface area contributed by atoms with Gasteiger partial charge in [0.05, 0.1) is 0 Å². The molecule has 0 aliphatic heterocycles. The fraction of sp³-hybridized carbons (Fsp3) is 0.773. The zero-order chi connectivity index (χ0) is 26.3. The molecule has 0 atom stereocenters. The van der Waals surface area contributed by atoms with E-state index in [2.05, 4.69) is 10.1 Å². The molecule has 13 heteroatoms. The number of carbonyl (C=O) groups is 3. The maximum atomic E-state index is 11.0. The molecule has 0 aliphatic carbocycles. The molecule has 0 rings (SSSR count). The third kappa shape index (κ3) is 46.0. The highest BCUT2D eigenvalue weighted by atomic mass is 32.2. The van der Waals surface area contributed by atoms with Crippen LogP contribution >= 0.6 is 23.5 Å². The van der Waals surface area contributed by atoms with Crippen LogP contribution in [0.3, 0.4) is 0 Å². The average molecular weight is 547 g/mol. The van der Waals surface area contributed by atoms with E-state index < -0.39 is 35.2 Å². The Labute approximate surface area is 221 Å². The third-order valence-corrected chi connectivity index (χ3v) is 2.93. The molecule has 11 nitrogen and oxygen atoms in total. The first-order chi connectivity index (χ1) is 14.1. The molecule has 0 aromatic rings. The number of alkyl carbamates (subject to hydrolysis) is 1. The van der Waals surface area contributed by atoms with Crippen molar-refractivity contribution in [3.63, 3.8) is 0 Å². The Morgan fingerprint density at radius 2 is 0.971 bits per heavy atom. The van der Waals surface area contributed by atoms with Crippen LogP contribution in [0.4, 0.5) is 14.4 Å². The highest BCUT2D eigenvalue weighted by Crippen LogP contribution is 2.11. The number of carbonyl (C=O) groups excluding carboxylic acids is 3. The van der Waals surface area contributed by atoms with Crippen molar-refractivity contribution in [1.29, 1.82) is 10.8 Å². The second-order valence-corrected chi connectivity index (χ2v) is 10.4. The molecule has 0 saturated heterocycles. The Kier molecular flexibility index (Phi) is 27.9. The number of amidine groups is 2. The van der Waals surface area contributed by atoms with Crippen LogP contribution < -0.4 is 11.1 Å². The fourth-order valence-electron chi connectivity index (χ4n) is 1.06. The Balaban J connectivity index is -0.0000000951. The monoisotopic (exact) mass is 546 g/mol. The molecule has 0 aromatic heterocycles. The first kappa shape index (κ1) is 46.2. The summed E-state index contributed by atoms with van der Waals surface area (Å²) in [6.07, 6.45) is 0.775. The summed E-state index contributed by atoms with van der Waals surface area (Å²) in [5, 5.41) is 16.1. The fourth-order valence-corrected chi connectivity index (χ4v) is 1.24. The van der Waals surface area contributed by atoms with E-state index in [1.165, 1.54) is 11.8 Å². The third-order valence-electron chi connectivity index (χ3n) is 1.98. The van der Waals surface area contributed by atoms with Gasteiger partial charge < -0.3 is 24.7 Å². The average Bonchev–Trinajstić information content (AvgIpc) is 2.49. The van der Waals surface area contributed by atoms with Gasteiger partial charge in [0.15, 0.2) is 10.3 Å². The maximum absolute atomic E-state index is 11.0. The lowest BCUT2D eigenvalue weighted by atomic mass is 10.2. The summed E-state index contributed by atoms with van der Waals surface area (Å²) in [5.41, 5.74) is 2.94. The first-order valence-electron chi connectivity index (χ1n) is 9.26. The van der Waals surface area contributed by atoms with Crippen LogP contribution in [0.2, 0.25) is 0 Å². The number of hydrogen-bond donors (Lipinski definition) is 4. The lowest BCUT2D eigenvalue weighted by molar-refractivity contribution is -0.0294. The Bertz CT molecular complexity index is 613. The Morgan fingerprint density at radius 1 is 0.686 bits per heavy atom. The maximum Gasteiger partial charge on any atom is 0.519 e. The molecular weight excluding hydrogens is 496 g/mol. The van der Waals surface area contributed by atoms with Crippen LogP contribution in [0.25, 0.3) is 0 Å². The molecule has 212 valence electrons. The van der Waals surface area contributed by atoms with Gasteiger partial charge in [0.2, 0.25) is 0 Å². The van der Waals surface area contributed by atoms with Crippen molar-refractivity contribution in [3.05, 3.63) is 0 Å². The van der Waals surface area contributed by atoms with Crippen molar-refractivity contribution in [3.8, 4) is 0 Å². The summed E-state index contributed by atoms with van der Waals surface area (Å²) >= 11 is 2.39. The SMILES string of the molecule is C.C.C.CC(C)(C)OC(=O)OC(=O)OC(C)(C)C.CSC(=N)N.CSC(=N)NC(=O)OC(C)(C)C. The Morgan fingerprint density at radius 3 is 1.17 bits per heavy atom. The quantitative estimate of drug-likeness (QED) is 0.0828. The molecule has 0 saturated carbocycles. The number of ether oxygens (including phenoxy) is 4. The standard InChI is InChI=1S/C10H18O5.C7H14N2O2S.C2H6N2S.3CH4/c1-9(2,3)14-7(11)13-8(12)15-10(4,5)6;1-7(2,3)11-6(10)9-5(8)12-4;1-5-2(3)4;;;/h1-6H3;1-4H3,(H2,8,9,10);1H3,(H3,3,4);3*1H4. The van der Waals surface area contributed by atoms with Crippen molar-refractivity contribution in [1.82, 2.24) is 5.32 Å². The summed E-state index contributed by atoms with van der Waals surface area (Å²) in [6, 6.07) is 0. The summed E-state index contributed by atoms with van der Waals surface area (Å²) < 4.78 is 18.7. The van der Waals surface area contributed by atoms with Gasteiger partial charge in [-0.2, -0.15) is 0 Å². The van der Waals surface area contributed by atoms with Gasteiger partial charge in [-0.1, -0.05) is 45.8 Å². The van der Waals surface area contributed by atoms with Crippen LogP contribution in [0.1, 0.15) is 84.6 Å². The molecule has 0 bridgehead atoms. The predicted molar refractivity (Wildman–Crippen MR) is 150 cm³/mol. The normalized spacial score (nSPS) is 9.80. The van der Waals surface area contributed by atoms with E-state index in [1.54, 1.807) is 74.8 Å². The predicted octanol–water partition coefficient (Wildman–Crippen LogP) is 6.83. The second-order valence-electron chi connectivity index (χ2n) is 8.76. The number of thioether (sulfide) groups is 2. The van der Waals surface area contributed by atoms with Crippen molar-refractivity contribution < 1.29 is 33.3 Å². The molecule has 1 amide bonds. The van der Waals surface area contributed by atoms with E-state index >= 15 is 0 Å². The van der Waals surface area contributed by atoms with Gasteiger partial charge in [-0.15, -0.1) is 0 Å². The number of rotatable bonds is 0. The van der Waals surface area contributed by atoms with Gasteiger partial charge in [-0.3, -0.25) is 16.1 Å². The zero-order valence-electron chi connectivity index (χ0n) is 20.8. The number of hydrogen-bond acceptors (Lipinski definition) is 11. The first-order valence-corrected chi connectivity index (χ1v) is 11.7. The molecule has 35 heavy (non-hydrogen) atoms. The summed E-state index contributed by atoms with van der Waals surface area (Å²) in [4.78, 5) is 33.0. The molecule has 0 spiro atoms. The summed E-state index contributed by atoms with van der Waals surface area (Å²) in [5.74, 6) is 0. The van der Waals surface area contributed by atoms with Gasteiger partial charge in [0.1, 0.15) is 16.8 Å². The van der Waals surface area contributed by atoms with E-state index in [1.807, 2.05) is 0 Å². The van der Waals surface area contributed by atoms with Crippen LogP contribution in [-0.4, -0.2) is 58.1 Å². The van der Waals surface area contributed by atoms with Crippen molar-refractivity contribution in [2.24, 2.45) is 5.73 Å². The van der Waals surface area contributed by atoms with Crippen molar-refractivity contribution in [2.45, 2.75) is 101 Å². The van der Waals surface area contributed by atoms with Gasteiger partial charge >= 0.3 is 18.4 Å². The van der Waals surface area contributed by atoms with Crippen molar-refractivity contribution >= 4 is 52.3 Å². The minimum atomic E-state index is -1.06. The topological polar surface area (TPSA) is 174 Å². The van der Waals surface area contributed by atoms with Crippen LogP contribution in [0.15, 0.2) is 0 Å². The van der Waals surface area contributed by atoms with Crippen LogP contribution in [0, 0.1) is 10.8 Å².